The van der Waals surface area contributed by atoms with Gasteiger partial charge in [0.2, 0.25) is 0 Å². The number of nitrogens with one attached hydrogen (secondary N) is 1. The molecule has 1 N–H and O–H groups in total. The van der Waals surface area contributed by atoms with Gasteiger partial charge >= 0.3 is 12.1 Å². The molecule has 0 saturated carbocycles. The summed E-state index contributed by atoms with van der Waals surface area (Å²) in [4.78, 5) is 0. The zero-order chi connectivity index (χ0) is 10.1. The van der Waals surface area contributed by atoms with Gasteiger partial charge in [-0.3, -0.25) is 0 Å². The van der Waals surface area contributed by atoms with Crippen LogP contribution in [0.1, 0.15) is 12.8 Å². The van der Waals surface area contributed by atoms with Crippen molar-refractivity contribution in [1.29, 1.82) is 0 Å². The van der Waals surface area contributed by atoms with Gasteiger partial charge in [0, 0.05) is 6.42 Å². The highest BCUT2D eigenvalue weighted by Crippen LogP contribution is 2.39. The molecule has 0 aromatic heterocycles. The highest BCUT2D eigenvalue weighted by molar-refractivity contribution is 4.81. The van der Waals surface area contributed by atoms with E-state index in [4.69, 9.17) is 0 Å². The van der Waals surface area contributed by atoms with Crippen molar-refractivity contribution in [2.75, 3.05) is 13.1 Å². The third kappa shape index (κ3) is 2.52. The van der Waals surface area contributed by atoms with Crippen molar-refractivity contribution in [3.63, 3.8) is 0 Å². The average molecular weight is 203 g/mol. The van der Waals surface area contributed by atoms with Crippen LogP contribution in [0.4, 0.5) is 22.0 Å². The van der Waals surface area contributed by atoms with E-state index < -0.39 is 18.5 Å². The van der Waals surface area contributed by atoms with Gasteiger partial charge in [0.1, 0.15) is 0 Å². The second kappa shape index (κ2) is 3.40. The second-order valence-corrected chi connectivity index (χ2v) is 3.27. The minimum Gasteiger partial charge on any atom is -0.316 e. The standard InChI is InChI=1S/C7H10F5N/c8-6(9,7(10,11)12)2-1-5-3-13-4-5/h5,13H,1-4H2. The van der Waals surface area contributed by atoms with Crippen molar-refractivity contribution < 1.29 is 22.0 Å². The summed E-state index contributed by atoms with van der Waals surface area (Å²) in [6.07, 6.45) is -6.56. The Morgan fingerprint density at radius 1 is 1.08 bits per heavy atom. The molecule has 1 saturated heterocycles. The van der Waals surface area contributed by atoms with Gasteiger partial charge in [-0.15, -0.1) is 0 Å². The smallest absolute Gasteiger partial charge is 0.316 e. The maximum absolute atomic E-state index is 12.3. The molecule has 0 radical (unpaired) electrons. The summed E-state index contributed by atoms with van der Waals surface area (Å²) in [6.45, 7) is 1.10. The lowest BCUT2D eigenvalue weighted by Gasteiger charge is -2.29. The Balaban J connectivity index is 2.32. The topological polar surface area (TPSA) is 12.0 Å². The number of halogens is 5. The van der Waals surface area contributed by atoms with Gasteiger partial charge < -0.3 is 5.32 Å². The largest absolute Gasteiger partial charge is 0.453 e. The van der Waals surface area contributed by atoms with Crippen molar-refractivity contribution in [3.8, 4) is 0 Å². The molecule has 6 heteroatoms. The van der Waals surface area contributed by atoms with Crippen LogP contribution in [0.5, 0.6) is 0 Å². The van der Waals surface area contributed by atoms with E-state index in [9.17, 15) is 22.0 Å². The zero-order valence-corrected chi connectivity index (χ0v) is 6.80. The van der Waals surface area contributed by atoms with Crippen molar-refractivity contribution in [3.05, 3.63) is 0 Å². The number of hydrogen-bond donors (Lipinski definition) is 1. The van der Waals surface area contributed by atoms with Crippen LogP contribution in [0.2, 0.25) is 0 Å². The number of alkyl halides is 5. The molecule has 78 valence electrons. The first-order valence-electron chi connectivity index (χ1n) is 3.98. The fraction of sp³-hybridized carbons (Fsp3) is 1.00. The van der Waals surface area contributed by atoms with Crippen molar-refractivity contribution in [1.82, 2.24) is 5.32 Å². The SMILES string of the molecule is FC(F)(F)C(F)(F)CCC1CNC1. The van der Waals surface area contributed by atoms with Crippen molar-refractivity contribution in [2.45, 2.75) is 24.9 Å². The summed E-state index contributed by atoms with van der Waals surface area (Å²) >= 11 is 0. The molecule has 1 heterocycles. The molecule has 0 aromatic carbocycles. The quantitative estimate of drug-likeness (QED) is 0.693. The molecule has 0 aromatic rings. The molecule has 1 rings (SSSR count). The molecule has 1 aliphatic heterocycles. The van der Waals surface area contributed by atoms with Gasteiger partial charge in [-0.05, 0) is 25.4 Å². The molecule has 0 aliphatic carbocycles. The first kappa shape index (κ1) is 10.7. The lowest BCUT2D eigenvalue weighted by molar-refractivity contribution is -0.285. The fourth-order valence-electron chi connectivity index (χ4n) is 1.08. The molecule has 0 atom stereocenters. The van der Waals surface area contributed by atoms with Crippen LogP contribution >= 0.6 is 0 Å². The van der Waals surface area contributed by atoms with Crippen LogP contribution in [0.15, 0.2) is 0 Å². The summed E-state index contributed by atoms with van der Waals surface area (Å²) in [7, 11) is 0. The van der Waals surface area contributed by atoms with Gasteiger partial charge in [0.15, 0.2) is 0 Å². The summed E-state index contributed by atoms with van der Waals surface area (Å²) in [5.74, 6) is -4.55. The minimum absolute atomic E-state index is 0.0202. The lowest BCUT2D eigenvalue weighted by Crippen LogP contribution is -2.44. The van der Waals surface area contributed by atoms with E-state index >= 15 is 0 Å². The second-order valence-electron chi connectivity index (χ2n) is 3.27. The van der Waals surface area contributed by atoms with E-state index in [1.54, 1.807) is 0 Å². The van der Waals surface area contributed by atoms with Crippen LogP contribution in [0, 0.1) is 5.92 Å². The molecule has 0 spiro atoms. The third-order valence-electron chi connectivity index (χ3n) is 2.15. The highest BCUT2D eigenvalue weighted by Gasteiger charge is 2.56. The Kier molecular flexibility index (Phi) is 2.79. The Hall–Kier alpha value is -0.390. The fourth-order valence-corrected chi connectivity index (χ4v) is 1.08. The van der Waals surface area contributed by atoms with Gasteiger partial charge in [-0.1, -0.05) is 0 Å². The summed E-state index contributed by atoms with van der Waals surface area (Å²) < 4.78 is 59.5. The minimum atomic E-state index is -5.40. The van der Waals surface area contributed by atoms with Crippen LogP contribution in [0.3, 0.4) is 0 Å². The molecule has 13 heavy (non-hydrogen) atoms. The maximum atomic E-state index is 12.3. The Labute approximate surface area is 72.3 Å². The number of hydrogen-bond acceptors (Lipinski definition) is 1. The van der Waals surface area contributed by atoms with E-state index in [1.807, 2.05) is 0 Å². The molecule has 1 fully saturated rings. The Bertz CT molecular complexity index is 172. The average Bonchev–Trinajstić information content (AvgIpc) is 1.80. The van der Waals surface area contributed by atoms with E-state index in [0.717, 1.165) is 0 Å². The van der Waals surface area contributed by atoms with Crippen molar-refractivity contribution >= 4 is 0 Å². The molecule has 0 bridgehead atoms. The summed E-state index contributed by atoms with van der Waals surface area (Å²) in [5, 5.41) is 2.81. The van der Waals surface area contributed by atoms with Crippen LogP contribution in [0.25, 0.3) is 0 Å². The third-order valence-corrected chi connectivity index (χ3v) is 2.15. The predicted octanol–water partition coefficient (Wildman–Crippen LogP) is 2.18. The van der Waals surface area contributed by atoms with Crippen LogP contribution < -0.4 is 5.32 Å². The van der Waals surface area contributed by atoms with E-state index in [-0.39, 0.29) is 12.3 Å². The normalized spacial score (nSPS) is 20.1. The summed E-state index contributed by atoms with van der Waals surface area (Å²) in [5.41, 5.74) is 0. The first-order chi connectivity index (χ1) is 5.83. The Morgan fingerprint density at radius 3 is 1.92 bits per heavy atom. The summed E-state index contributed by atoms with van der Waals surface area (Å²) in [6, 6.07) is 0. The van der Waals surface area contributed by atoms with Gasteiger partial charge in [-0.25, -0.2) is 0 Å². The van der Waals surface area contributed by atoms with Gasteiger partial charge in [0.05, 0.1) is 0 Å². The van der Waals surface area contributed by atoms with E-state index in [2.05, 4.69) is 5.32 Å². The molecule has 1 nitrogen and oxygen atoms in total. The molecule has 0 unspecified atom stereocenters. The monoisotopic (exact) mass is 203 g/mol. The number of rotatable bonds is 3. The maximum Gasteiger partial charge on any atom is 0.453 e. The molecular weight excluding hydrogens is 193 g/mol. The van der Waals surface area contributed by atoms with Crippen LogP contribution in [-0.2, 0) is 0 Å². The molecule has 0 amide bonds. The first-order valence-corrected chi connectivity index (χ1v) is 3.98. The molecule has 1 aliphatic rings. The Morgan fingerprint density at radius 2 is 1.62 bits per heavy atom. The van der Waals surface area contributed by atoms with Gasteiger partial charge in [0.25, 0.3) is 0 Å². The molecular formula is C7H10F5N. The predicted molar refractivity (Wildman–Crippen MR) is 36.6 cm³/mol. The van der Waals surface area contributed by atoms with Gasteiger partial charge in [-0.2, -0.15) is 22.0 Å². The van der Waals surface area contributed by atoms with E-state index in [1.165, 1.54) is 0 Å². The lowest BCUT2D eigenvalue weighted by atomic mass is 9.95. The van der Waals surface area contributed by atoms with Crippen molar-refractivity contribution in [2.24, 2.45) is 5.92 Å². The zero-order valence-electron chi connectivity index (χ0n) is 6.80. The van der Waals surface area contributed by atoms with Crippen LogP contribution in [-0.4, -0.2) is 25.2 Å². The van der Waals surface area contributed by atoms with E-state index in [0.29, 0.717) is 13.1 Å². The highest BCUT2D eigenvalue weighted by atomic mass is 19.4.